The number of halogens is 1. The van der Waals surface area contributed by atoms with Crippen LogP contribution in [0.5, 0.6) is 5.75 Å². The number of carboxylic acid groups (broad SMARTS) is 1. The zero-order chi connectivity index (χ0) is 22.6. The largest absolute Gasteiger partial charge is 0.494 e. The first-order valence-corrected chi connectivity index (χ1v) is 11.5. The molecule has 0 aliphatic heterocycles. The fourth-order valence-corrected chi connectivity index (χ4v) is 3.72. The molecule has 0 bridgehead atoms. The van der Waals surface area contributed by atoms with Crippen molar-refractivity contribution in [1.82, 2.24) is 0 Å². The van der Waals surface area contributed by atoms with E-state index in [0.717, 1.165) is 50.3 Å². The lowest BCUT2D eigenvalue weighted by Gasteiger charge is -2.09. The Labute approximate surface area is 195 Å². The Morgan fingerprint density at radius 1 is 0.844 bits per heavy atom. The summed E-state index contributed by atoms with van der Waals surface area (Å²) in [5, 5.41) is 12.7. The Bertz CT molecular complexity index is 974. The van der Waals surface area contributed by atoms with E-state index in [-0.39, 0.29) is 10.6 Å². The number of anilines is 1. The highest BCUT2D eigenvalue weighted by atomic mass is 35.5. The van der Waals surface area contributed by atoms with E-state index in [1.54, 1.807) is 18.2 Å². The number of hydrogen-bond acceptors (Lipinski definition) is 3. The van der Waals surface area contributed by atoms with Crippen molar-refractivity contribution >= 4 is 23.3 Å². The number of aryl methyl sites for hydroxylation is 2. The number of rotatable bonds is 13. The molecular formula is C27H30ClNO3. The van der Waals surface area contributed by atoms with Crippen molar-refractivity contribution in [2.24, 2.45) is 0 Å². The number of carbonyl (C=O) groups is 1. The van der Waals surface area contributed by atoms with Gasteiger partial charge in [0, 0.05) is 12.2 Å². The van der Waals surface area contributed by atoms with Gasteiger partial charge in [-0.25, -0.2) is 4.79 Å². The summed E-state index contributed by atoms with van der Waals surface area (Å²) in [6.07, 6.45) is 6.42. The van der Waals surface area contributed by atoms with Gasteiger partial charge in [0.2, 0.25) is 0 Å². The number of aromatic carboxylic acids is 1. The third-order valence-corrected chi connectivity index (χ3v) is 5.64. The van der Waals surface area contributed by atoms with Crippen LogP contribution in [0, 0.1) is 0 Å². The lowest BCUT2D eigenvalue weighted by Crippen LogP contribution is -2.05. The number of unbranched alkanes of at least 4 members (excludes halogenated alkanes) is 2. The summed E-state index contributed by atoms with van der Waals surface area (Å²) in [6.45, 7) is 1.50. The quantitative estimate of drug-likeness (QED) is 0.278. The summed E-state index contributed by atoms with van der Waals surface area (Å²) in [5.74, 6) is -0.106. The standard InChI is InChI=1S/C27H30ClNO3/c28-26-17-14-23(20-25(26)27(30)31)29-18-7-11-22-12-15-24(16-13-22)32-19-6-2-5-10-21-8-3-1-4-9-21/h1,3-4,8-9,12-17,20,29H,2,5-7,10-11,18-19H2,(H,30,31). The predicted molar refractivity (Wildman–Crippen MR) is 131 cm³/mol. The van der Waals surface area contributed by atoms with Gasteiger partial charge >= 0.3 is 5.97 Å². The molecule has 0 unspecified atom stereocenters. The van der Waals surface area contributed by atoms with Crippen molar-refractivity contribution < 1.29 is 14.6 Å². The minimum Gasteiger partial charge on any atom is -0.494 e. The van der Waals surface area contributed by atoms with Crippen molar-refractivity contribution in [2.75, 3.05) is 18.5 Å². The summed E-state index contributed by atoms with van der Waals surface area (Å²) < 4.78 is 5.87. The smallest absolute Gasteiger partial charge is 0.337 e. The maximum atomic E-state index is 11.2. The highest BCUT2D eigenvalue weighted by Crippen LogP contribution is 2.21. The summed E-state index contributed by atoms with van der Waals surface area (Å²) in [4.78, 5) is 11.2. The van der Waals surface area contributed by atoms with Crippen molar-refractivity contribution in [1.29, 1.82) is 0 Å². The van der Waals surface area contributed by atoms with Gasteiger partial charge in [-0.05, 0) is 80.0 Å². The second kappa shape index (κ2) is 12.8. The molecule has 3 rings (SSSR count). The first-order valence-electron chi connectivity index (χ1n) is 11.1. The second-order valence-electron chi connectivity index (χ2n) is 7.82. The topological polar surface area (TPSA) is 58.6 Å². The molecule has 0 radical (unpaired) electrons. The van der Waals surface area contributed by atoms with Gasteiger partial charge in [0.05, 0.1) is 17.2 Å². The molecular weight excluding hydrogens is 422 g/mol. The van der Waals surface area contributed by atoms with Crippen LogP contribution in [0.15, 0.2) is 72.8 Å². The van der Waals surface area contributed by atoms with Crippen LogP contribution in [0.1, 0.15) is 47.2 Å². The maximum absolute atomic E-state index is 11.2. The molecule has 4 nitrogen and oxygen atoms in total. The van der Waals surface area contributed by atoms with Gasteiger partial charge in [-0.2, -0.15) is 0 Å². The minimum absolute atomic E-state index is 0.114. The van der Waals surface area contributed by atoms with Crippen LogP contribution in [-0.2, 0) is 12.8 Å². The fourth-order valence-electron chi connectivity index (χ4n) is 3.52. The van der Waals surface area contributed by atoms with E-state index in [2.05, 4.69) is 47.8 Å². The predicted octanol–water partition coefficient (Wildman–Crippen LogP) is 6.87. The summed E-state index contributed by atoms with van der Waals surface area (Å²) in [6, 6.07) is 23.9. The zero-order valence-corrected chi connectivity index (χ0v) is 19.0. The highest BCUT2D eigenvalue weighted by Gasteiger charge is 2.09. The molecule has 0 aliphatic rings. The Morgan fingerprint density at radius 3 is 2.31 bits per heavy atom. The van der Waals surface area contributed by atoms with Crippen LogP contribution in [0.2, 0.25) is 5.02 Å². The van der Waals surface area contributed by atoms with Crippen LogP contribution in [0.25, 0.3) is 0 Å². The van der Waals surface area contributed by atoms with E-state index in [9.17, 15) is 4.79 Å². The normalized spacial score (nSPS) is 10.7. The second-order valence-corrected chi connectivity index (χ2v) is 8.23. The summed E-state index contributed by atoms with van der Waals surface area (Å²) in [7, 11) is 0. The van der Waals surface area contributed by atoms with Crippen LogP contribution >= 0.6 is 11.6 Å². The number of nitrogens with one attached hydrogen (secondary N) is 1. The lowest BCUT2D eigenvalue weighted by atomic mass is 10.1. The first kappa shape index (κ1) is 23.7. The van der Waals surface area contributed by atoms with Gasteiger partial charge < -0.3 is 15.2 Å². The van der Waals surface area contributed by atoms with Gasteiger partial charge in [0.1, 0.15) is 5.75 Å². The molecule has 5 heteroatoms. The third kappa shape index (κ3) is 7.93. The average Bonchev–Trinajstić information content (AvgIpc) is 2.81. The number of benzene rings is 3. The van der Waals surface area contributed by atoms with Gasteiger partial charge in [-0.1, -0.05) is 54.1 Å². The zero-order valence-electron chi connectivity index (χ0n) is 18.2. The Balaban J connectivity index is 1.29. The number of hydrogen-bond donors (Lipinski definition) is 2. The molecule has 0 amide bonds. The van der Waals surface area contributed by atoms with E-state index < -0.39 is 5.97 Å². The van der Waals surface area contributed by atoms with E-state index in [1.807, 2.05) is 12.1 Å². The number of carboxylic acids is 1. The van der Waals surface area contributed by atoms with Crippen LogP contribution < -0.4 is 10.1 Å². The Morgan fingerprint density at radius 2 is 1.56 bits per heavy atom. The molecule has 168 valence electrons. The SMILES string of the molecule is O=C(O)c1cc(NCCCc2ccc(OCCCCCc3ccccc3)cc2)ccc1Cl. The van der Waals surface area contributed by atoms with Crippen LogP contribution in [0.3, 0.4) is 0 Å². The maximum Gasteiger partial charge on any atom is 0.337 e. The van der Waals surface area contributed by atoms with Crippen LogP contribution in [-0.4, -0.2) is 24.2 Å². The fraction of sp³-hybridized carbons (Fsp3) is 0.296. The number of ether oxygens (including phenoxy) is 1. The third-order valence-electron chi connectivity index (χ3n) is 5.31. The minimum atomic E-state index is -1.02. The summed E-state index contributed by atoms with van der Waals surface area (Å²) in [5.41, 5.74) is 3.53. The average molecular weight is 452 g/mol. The van der Waals surface area contributed by atoms with E-state index in [4.69, 9.17) is 21.4 Å². The molecule has 0 fully saturated rings. The highest BCUT2D eigenvalue weighted by molar-refractivity contribution is 6.33. The monoisotopic (exact) mass is 451 g/mol. The molecule has 3 aromatic rings. The molecule has 32 heavy (non-hydrogen) atoms. The van der Waals surface area contributed by atoms with Crippen LogP contribution in [0.4, 0.5) is 5.69 Å². The van der Waals surface area contributed by atoms with Gasteiger partial charge in [-0.3, -0.25) is 0 Å². The molecule has 0 aliphatic carbocycles. The molecule has 0 saturated heterocycles. The molecule has 3 aromatic carbocycles. The molecule has 0 aromatic heterocycles. The summed E-state index contributed by atoms with van der Waals surface area (Å²) >= 11 is 5.90. The van der Waals surface area contributed by atoms with Crippen molar-refractivity contribution in [3.05, 3.63) is 94.5 Å². The van der Waals surface area contributed by atoms with E-state index >= 15 is 0 Å². The Kier molecular flexibility index (Phi) is 9.45. The first-order chi connectivity index (χ1) is 15.6. The van der Waals surface area contributed by atoms with Crippen molar-refractivity contribution in [3.63, 3.8) is 0 Å². The van der Waals surface area contributed by atoms with Crippen molar-refractivity contribution in [3.8, 4) is 5.75 Å². The van der Waals surface area contributed by atoms with Gasteiger partial charge in [0.25, 0.3) is 0 Å². The molecule has 0 spiro atoms. The Hall–Kier alpha value is -2.98. The molecule has 0 heterocycles. The van der Waals surface area contributed by atoms with Gasteiger partial charge in [-0.15, -0.1) is 0 Å². The molecule has 2 N–H and O–H groups in total. The van der Waals surface area contributed by atoms with Gasteiger partial charge in [0.15, 0.2) is 0 Å². The molecule has 0 atom stereocenters. The van der Waals surface area contributed by atoms with E-state index in [1.165, 1.54) is 24.0 Å². The molecule has 0 saturated carbocycles. The lowest BCUT2D eigenvalue weighted by molar-refractivity contribution is 0.0697. The van der Waals surface area contributed by atoms with E-state index in [0.29, 0.717) is 0 Å². The van der Waals surface area contributed by atoms with Crippen molar-refractivity contribution in [2.45, 2.75) is 38.5 Å².